The number of fused-ring (bicyclic) bond motifs is 1. The number of amides is 1. The first-order chi connectivity index (χ1) is 13.3. The summed E-state index contributed by atoms with van der Waals surface area (Å²) in [6.07, 6.45) is 10.6. The van der Waals surface area contributed by atoms with Gasteiger partial charge in [-0.05, 0) is 37.7 Å². The Morgan fingerprint density at radius 1 is 1.00 bits per heavy atom. The van der Waals surface area contributed by atoms with E-state index < -0.39 is 0 Å². The normalized spacial score (nSPS) is 20.7. The Labute approximate surface area is 161 Å². The molecule has 27 heavy (non-hydrogen) atoms. The third-order valence-corrected chi connectivity index (χ3v) is 6.12. The summed E-state index contributed by atoms with van der Waals surface area (Å²) in [6.45, 7) is 0.905. The molecular weight excluding hydrogens is 336 g/mol. The zero-order valence-electron chi connectivity index (χ0n) is 16.1. The van der Waals surface area contributed by atoms with E-state index in [0.29, 0.717) is 0 Å². The number of hydrogen-bond donors (Lipinski definition) is 1. The molecule has 1 amide bonds. The molecule has 1 aromatic heterocycles. The fourth-order valence-electron chi connectivity index (χ4n) is 4.46. The van der Waals surface area contributed by atoms with Gasteiger partial charge >= 0.3 is 0 Å². The Morgan fingerprint density at radius 3 is 2.63 bits per heavy atom. The smallest absolute Gasteiger partial charge is 0.223 e. The molecule has 5 heteroatoms. The maximum atomic E-state index is 12.6. The number of carbonyl (C=O) groups excluding carboxylic acids is 1. The third-order valence-electron chi connectivity index (χ3n) is 6.12. The minimum atomic E-state index is 0.238. The summed E-state index contributed by atoms with van der Waals surface area (Å²) in [7, 11) is 0. The van der Waals surface area contributed by atoms with Gasteiger partial charge in [0.25, 0.3) is 0 Å². The van der Waals surface area contributed by atoms with Crippen LogP contribution in [-0.4, -0.2) is 26.7 Å². The number of benzene rings is 1. The maximum Gasteiger partial charge on any atom is 0.223 e. The van der Waals surface area contributed by atoms with Gasteiger partial charge in [0.2, 0.25) is 5.91 Å². The lowest BCUT2D eigenvalue weighted by Crippen LogP contribution is -2.39. The van der Waals surface area contributed by atoms with Crippen LogP contribution in [0.5, 0.6) is 0 Å². The van der Waals surface area contributed by atoms with E-state index in [1.54, 1.807) is 0 Å². The predicted octanol–water partition coefficient (Wildman–Crippen LogP) is 3.46. The highest BCUT2D eigenvalue weighted by Gasteiger charge is 2.25. The second-order valence-corrected chi connectivity index (χ2v) is 8.04. The fraction of sp³-hybridized carbons (Fsp3) is 0.591. The van der Waals surface area contributed by atoms with Gasteiger partial charge in [-0.2, -0.15) is 0 Å². The van der Waals surface area contributed by atoms with Crippen molar-refractivity contribution in [3.05, 3.63) is 47.5 Å². The average Bonchev–Trinajstić information content (AvgIpc) is 3.00. The molecule has 1 aliphatic heterocycles. The number of hydrogen-bond acceptors (Lipinski definition) is 3. The SMILES string of the molecule is O=C(NC1CCc2nnc(CCc3ccccc3)n2CC1)C1CCCCC1. The zero-order chi connectivity index (χ0) is 18.5. The van der Waals surface area contributed by atoms with E-state index in [1.165, 1.54) is 24.8 Å². The molecule has 4 rings (SSSR count). The van der Waals surface area contributed by atoms with Crippen molar-refractivity contribution in [2.45, 2.75) is 76.8 Å². The van der Waals surface area contributed by atoms with Crippen molar-refractivity contribution in [3.63, 3.8) is 0 Å². The number of nitrogens with one attached hydrogen (secondary N) is 1. The lowest BCUT2D eigenvalue weighted by molar-refractivity contribution is -0.126. The molecule has 0 radical (unpaired) electrons. The van der Waals surface area contributed by atoms with E-state index in [9.17, 15) is 4.79 Å². The molecule has 2 aliphatic rings. The number of nitrogens with zero attached hydrogens (tertiary/aromatic N) is 3. The van der Waals surface area contributed by atoms with E-state index in [2.05, 4.69) is 44.3 Å². The Kier molecular flexibility index (Phi) is 5.85. The third kappa shape index (κ3) is 4.57. The van der Waals surface area contributed by atoms with Crippen LogP contribution in [-0.2, 0) is 30.6 Å². The zero-order valence-corrected chi connectivity index (χ0v) is 16.1. The summed E-state index contributed by atoms with van der Waals surface area (Å²) >= 11 is 0. The molecule has 1 saturated carbocycles. The summed E-state index contributed by atoms with van der Waals surface area (Å²) in [6, 6.07) is 10.8. The van der Waals surface area contributed by atoms with Gasteiger partial charge in [0.05, 0.1) is 0 Å². The van der Waals surface area contributed by atoms with Crippen molar-refractivity contribution in [1.82, 2.24) is 20.1 Å². The predicted molar refractivity (Wildman–Crippen MR) is 105 cm³/mol. The van der Waals surface area contributed by atoms with Crippen molar-refractivity contribution in [3.8, 4) is 0 Å². The molecule has 1 N–H and O–H groups in total. The molecule has 1 aromatic carbocycles. The van der Waals surface area contributed by atoms with Crippen molar-refractivity contribution in [1.29, 1.82) is 0 Å². The standard InChI is InChI=1S/C22H30N4O/c27-22(18-9-5-2-6-10-18)23-19-12-14-21-25-24-20(26(21)16-15-19)13-11-17-7-3-1-4-8-17/h1,3-4,7-8,18-19H,2,5-6,9-16H2,(H,23,27). The Balaban J connectivity index is 1.33. The summed E-state index contributed by atoms with van der Waals surface area (Å²) < 4.78 is 2.29. The monoisotopic (exact) mass is 366 g/mol. The van der Waals surface area contributed by atoms with Crippen LogP contribution < -0.4 is 5.32 Å². The average molecular weight is 367 g/mol. The molecule has 1 fully saturated rings. The summed E-state index contributed by atoms with van der Waals surface area (Å²) in [5.41, 5.74) is 1.33. The van der Waals surface area contributed by atoms with Crippen molar-refractivity contribution in [2.75, 3.05) is 0 Å². The lowest BCUT2D eigenvalue weighted by atomic mass is 9.88. The number of aromatic nitrogens is 3. The Bertz CT molecular complexity index is 749. The maximum absolute atomic E-state index is 12.6. The van der Waals surface area contributed by atoms with E-state index in [0.717, 1.165) is 63.1 Å². The van der Waals surface area contributed by atoms with Gasteiger partial charge in [0.1, 0.15) is 11.6 Å². The van der Waals surface area contributed by atoms with Gasteiger partial charge in [-0.3, -0.25) is 4.79 Å². The first-order valence-electron chi connectivity index (χ1n) is 10.5. The second kappa shape index (κ2) is 8.68. The first kappa shape index (κ1) is 18.2. The van der Waals surface area contributed by atoms with Gasteiger partial charge in [-0.25, -0.2) is 0 Å². The van der Waals surface area contributed by atoms with Gasteiger partial charge in [0, 0.05) is 31.3 Å². The van der Waals surface area contributed by atoms with Crippen LogP contribution in [0.3, 0.4) is 0 Å². The van der Waals surface area contributed by atoms with E-state index in [1.807, 2.05) is 6.07 Å². The van der Waals surface area contributed by atoms with Crippen molar-refractivity contribution < 1.29 is 4.79 Å². The molecule has 2 aromatic rings. The minimum absolute atomic E-state index is 0.238. The highest BCUT2D eigenvalue weighted by molar-refractivity contribution is 5.79. The topological polar surface area (TPSA) is 59.8 Å². The highest BCUT2D eigenvalue weighted by atomic mass is 16.1. The van der Waals surface area contributed by atoms with Crippen LogP contribution in [0.25, 0.3) is 0 Å². The Morgan fingerprint density at radius 2 is 1.81 bits per heavy atom. The van der Waals surface area contributed by atoms with Crippen LogP contribution in [0.2, 0.25) is 0 Å². The fourth-order valence-corrected chi connectivity index (χ4v) is 4.46. The molecule has 1 atom stereocenters. The minimum Gasteiger partial charge on any atom is -0.353 e. The van der Waals surface area contributed by atoms with E-state index >= 15 is 0 Å². The van der Waals surface area contributed by atoms with Gasteiger partial charge < -0.3 is 9.88 Å². The summed E-state index contributed by atoms with van der Waals surface area (Å²) in [5, 5.41) is 12.2. The molecule has 0 bridgehead atoms. The number of rotatable bonds is 5. The van der Waals surface area contributed by atoms with Crippen LogP contribution >= 0.6 is 0 Å². The molecule has 144 valence electrons. The number of aryl methyl sites for hydroxylation is 3. The second-order valence-electron chi connectivity index (χ2n) is 8.04. The molecular formula is C22H30N4O. The van der Waals surface area contributed by atoms with Crippen molar-refractivity contribution in [2.24, 2.45) is 5.92 Å². The van der Waals surface area contributed by atoms with Gasteiger partial charge in [-0.1, -0.05) is 49.6 Å². The molecule has 5 nitrogen and oxygen atoms in total. The molecule has 0 spiro atoms. The quantitative estimate of drug-likeness (QED) is 0.881. The molecule has 2 heterocycles. The molecule has 1 unspecified atom stereocenters. The largest absolute Gasteiger partial charge is 0.353 e. The van der Waals surface area contributed by atoms with E-state index in [4.69, 9.17) is 0 Å². The molecule has 0 saturated heterocycles. The van der Waals surface area contributed by atoms with Crippen LogP contribution in [0.15, 0.2) is 30.3 Å². The summed E-state index contributed by atoms with van der Waals surface area (Å²) in [4.78, 5) is 12.6. The van der Waals surface area contributed by atoms with Crippen LogP contribution in [0, 0.1) is 5.92 Å². The lowest BCUT2D eigenvalue weighted by Gasteiger charge is -2.24. The van der Waals surface area contributed by atoms with Crippen LogP contribution in [0.4, 0.5) is 0 Å². The first-order valence-corrected chi connectivity index (χ1v) is 10.5. The van der Waals surface area contributed by atoms with Crippen molar-refractivity contribution >= 4 is 5.91 Å². The van der Waals surface area contributed by atoms with Gasteiger partial charge in [0.15, 0.2) is 0 Å². The van der Waals surface area contributed by atoms with E-state index in [-0.39, 0.29) is 17.9 Å². The molecule has 1 aliphatic carbocycles. The Hall–Kier alpha value is -2.17. The number of carbonyl (C=O) groups is 1. The van der Waals surface area contributed by atoms with Crippen LogP contribution in [0.1, 0.15) is 62.2 Å². The van der Waals surface area contributed by atoms with Gasteiger partial charge in [-0.15, -0.1) is 10.2 Å². The highest BCUT2D eigenvalue weighted by Crippen LogP contribution is 2.24. The summed E-state index contributed by atoms with van der Waals surface area (Å²) in [5.74, 6) is 2.67.